The Hall–Kier alpha value is -1.92. The van der Waals surface area contributed by atoms with E-state index in [0.29, 0.717) is 28.7 Å². The smallest absolute Gasteiger partial charge is 0.270 e. The monoisotopic (exact) mass is 359 g/mol. The Morgan fingerprint density at radius 3 is 2.92 bits per heavy atom. The van der Waals surface area contributed by atoms with Crippen LogP contribution >= 0.6 is 0 Å². The predicted molar refractivity (Wildman–Crippen MR) is 98.8 cm³/mol. The number of likely N-dealkylation sites (N-methyl/N-ethyl adjacent to an activating group) is 1. The third-order valence-corrected chi connectivity index (χ3v) is 6.08. The second kappa shape index (κ2) is 7.00. The molecule has 2 aliphatic rings. The molecule has 1 aromatic heterocycles. The highest BCUT2D eigenvalue weighted by Crippen LogP contribution is 2.31. The number of fused-ring (bicyclic) bond motifs is 1. The lowest BCUT2D eigenvalue weighted by Crippen LogP contribution is -2.49. The molecule has 1 aliphatic carbocycles. The van der Waals surface area contributed by atoms with Gasteiger partial charge in [0.05, 0.1) is 6.10 Å². The van der Waals surface area contributed by atoms with Gasteiger partial charge >= 0.3 is 0 Å². The number of hydrogen-bond donors (Lipinski definition) is 1. The van der Waals surface area contributed by atoms with Crippen molar-refractivity contribution >= 4 is 16.8 Å². The molecule has 6 heteroatoms. The van der Waals surface area contributed by atoms with Crippen molar-refractivity contribution in [1.29, 1.82) is 0 Å². The molecule has 1 aromatic carbocycles. The molecule has 1 saturated carbocycles. The first-order chi connectivity index (χ1) is 12.6. The van der Waals surface area contributed by atoms with Crippen LogP contribution in [0.1, 0.15) is 36.2 Å². The quantitative estimate of drug-likeness (QED) is 0.913. The number of likely N-dealkylation sites (tertiary alicyclic amines) is 1. The minimum atomic E-state index is -0.304. The Kier molecular flexibility index (Phi) is 4.71. The first-order valence-corrected chi connectivity index (χ1v) is 9.39. The molecule has 2 heterocycles. The molecule has 3 atom stereocenters. The number of carbonyl (C=O) groups excluding carboxylic acids is 1. The van der Waals surface area contributed by atoms with Gasteiger partial charge in [-0.25, -0.2) is 4.39 Å². The van der Waals surface area contributed by atoms with Crippen LogP contribution in [-0.4, -0.2) is 66.1 Å². The summed E-state index contributed by atoms with van der Waals surface area (Å²) in [6, 6.07) is 7.06. The zero-order valence-electron chi connectivity index (χ0n) is 15.4. The SMILES string of the molecule is COC1CCN([C@H]2CCC[C@H]2N(C)C(=O)c2cc3c(F)cccc3[nH]2)C1. The number of benzene rings is 1. The molecule has 0 bridgehead atoms. The fourth-order valence-electron chi connectivity index (χ4n) is 4.62. The van der Waals surface area contributed by atoms with Crippen LogP contribution in [0.3, 0.4) is 0 Å². The summed E-state index contributed by atoms with van der Waals surface area (Å²) in [6.45, 7) is 1.97. The number of halogens is 1. The van der Waals surface area contributed by atoms with Gasteiger partial charge in [-0.3, -0.25) is 9.69 Å². The van der Waals surface area contributed by atoms with Crippen molar-refractivity contribution < 1.29 is 13.9 Å². The largest absolute Gasteiger partial charge is 0.380 e. The summed E-state index contributed by atoms with van der Waals surface area (Å²) in [5.74, 6) is -0.373. The van der Waals surface area contributed by atoms with E-state index in [1.54, 1.807) is 25.3 Å². The number of H-pyrrole nitrogens is 1. The normalized spacial score (nSPS) is 26.7. The van der Waals surface area contributed by atoms with E-state index in [0.717, 1.165) is 38.8 Å². The number of aromatic amines is 1. The Labute approximate surface area is 153 Å². The zero-order chi connectivity index (χ0) is 18.3. The van der Waals surface area contributed by atoms with Crippen LogP contribution in [0.5, 0.6) is 0 Å². The molecule has 1 saturated heterocycles. The maximum Gasteiger partial charge on any atom is 0.270 e. The molecule has 1 amide bonds. The van der Waals surface area contributed by atoms with E-state index in [1.165, 1.54) is 6.07 Å². The molecule has 140 valence electrons. The highest BCUT2D eigenvalue weighted by molar-refractivity contribution is 5.98. The van der Waals surface area contributed by atoms with Crippen molar-refractivity contribution in [3.05, 3.63) is 35.8 Å². The molecule has 1 N–H and O–H groups in total. The number of rotatable bonds is 4. The highest BCUT2D eigenvalue weighted by Gasteiger charge is 2.39. The summed E-state index contributed by atoms with van der Waals surface area (Å²) in [4.78, 5) is 20.4. The van der Waals surface area contributed by atoms with Crippen LogP contribution in [0.4, 0.5) is 4.39 Å². The Morgan fingerprint density at radius 1 is 1.35 bits per heavy atom. The molecule has 1 aliphatic heterocycles. The van der Waals surface area contributed by atoms with Gasteiger partial charge in [0.1, 0.15) is 11.5 Å². The average molecular weight is 359 g/mol. The minimum Gasteiger partial charge on any atom is -0.380 e. The van der Waals surface area contributed by atoms with Crippen LogP contribution in [0.25, 0.3) is 10.9 Å². The van der Waals surface area contributed by atoms with E-state index in [4.69, 9.17) is 4.74 Å². The van der Waals surface area contributed by atoms with Crippen molar-refractivity contribution in [3.63, 3.8) is 0 Å². The van der Waals surface area contributed by atoms with Crippen LogP contribution in [0.2, 0.25) is 0 Å². The van der Waals surface area contributed by atoms with Gasteiger partial charge < -0.3 is 14.6 Å². The number of methoxy groups -OCH3 is 1. The number of ether oxygens (including phenoxy) is 1. The van der Waals surface area contributed by atoms with Gasteiger partial charge in [0.2, 0.25) is 0 Å². The summed E-state index contributed by atoms with van der Waals surface area (Å²) >= 11 is 0. The van der Waals surface area contributed by atoms with Gasteiger partial charge in [-0.2, -0.15) is 0 Å². The van der Waals surface area contributed by atoms with Gasteiger partial charge in [-0.15, -0.1) is 0 Å². The fourth-order valence-corrected chi connectivity index (χ4v) is 4.62. The maximum absolute atomic E-state index is 13.9. The van der Waals surface area contributed by atoms with Gasteiger partial charge in [-0.1, -0.05) is 6.07 Å². The van der Waals surface area contributed by atoms with Crippen molar-refractivity contribution in [3.8, 4) is 0 Å². The van der Waals surface area contributed by atoms with Crippen LogP contribution in [0.15, 0.2) is 24.3 Å². The van der Waals surface area contributed by atoms with Gasteiger partial charge in [0.25, 0.3) is 5.91 Å². The summed E-state index contributed by atoms with van der Waals surface area (Å²) in [6.07, 6.45) is 4.60. The Bertz CT molecular complexity index is 805. The average Bonchev–Trinajstić information content (AvgIpc) is 3.37. The van der Waals surface area contributed by atoms with Gasteiger partial charge in [0, 0.05) is 50.2 Å². The second-order valence-corrected chi connectivity index (χ2v) is 7.51. The maximum atomic E-state index is 13.9. The van der Waals surface area contributed by atoms with Crippen LogP contribution in [0, 0.1) is 5.82 Å². The summed E-state index contributed by atoms with van der Waals surface area (Å²) < 4.78 is 19.4. The van der Waals surface area contributed by atoms with Crippen molar-refractivity contribution in [2.24, 2.45) is 0 Å². The van der Waals surface area contributed by atoms with Crippen molar-refractivity contribution in [1.82, 2.24) is 14.8 Å². The first-order valence-electron chi connectivity index (χ1n) is 9.39. The lowest BCUT2D eigenvalue weighted by molar-refractivity contribution is 0.0601. The van der Waals surface area contributed by atoms with E-state index in [-0.39, 0.29) is 17.8 Å². The number of amides is 1. The highest BCUT2D eigenvalue weighted by atomic mass is 19.1. The standard InChI is InChI=1S/C20H26FN3O2/c1-23(18-7-4-8-19(18)24-10-9-13(12-24)26-2)20(25)17-11-14-15(21)5-3-6-16(14)22-17/h3,5-6,11,13,18-19,22H,4,7-10,12H2,1-2H3/t13?,18-,19+/m1/s1. The molecule has 2 aromatic rings. The number of nitrogens with one attached hydrogen (secondary N) is 1. The van der Waals surface area contributed by atoms with Crippen molar-refractivity contribution in [2.45, 2.75) is 43.9 Å². The van der Waals surface area contributed by atoms with Crippen LogP contribution in [-0.2, 0) is 4.74 Å². The molecule has 0 radical (unpaired) electrons. The molecule has 4 rings (SSSR count). The lowest BCUT2D eigenvalue weighted by Gasteiger charge is -2.35. The van der Waals surface area contributed by atoms with Crippen LogP contribution < -0.4 is 0 Å². The molecular formula is C20H26FN3O2. The molecule has 2 fully saturated rings. The fraction of sp³-hybridized carbons (Fsp3) is 0.550. The topological polar surface area (TPSA) is 48.6 Å². The number of nitrogens with zero attached hydrogens (tertiary/aromatic N) is 2. The number of aromatic nitrogens is 1. The molecule has 26 heavy (non-hydrogen) atoms. The van der Waals surface area contributed by atoms with E-state index in [9.17, 15) is 9.18 Å². The summed E-state index contributed by atoms with van der Waals surface area (Å²) in [7, 11) is 3.64. The number of carbonyl (C=O) groups is 1. The predicted octanol–water partition coefficient (Wildman–Crippen LogP) is 3.02. The van der Waals surface area contributed by atoms with Gasteiger partial charge in [0.15, 0.2) is 0 Å². The third-order valence-electron chi connectivity index (χ3n) is 6.08. The Morgan fingerprint density at radius 2 is 2.19 bits per heavy atom. The second-order valence-electron chi connectivity index (χ2n) is 7.51. The lowest BCUT2D eigenvalue weighted by atomic mass is 10.1. The van der Waals surface area contributed by atoms with E-state index >= 15 is 0 Å². The summed E-state index contributed by atoms with van der Waals surface area (Å²) in [5, 5.41) is 0.467. The summed E-state index contributed by atoms with van der Waals surface area (Å²) in [5.41, 5.74) is 1.11. The van der Waals surface area contributed by atoms with E-state index in [1.807, 2.05) is 11.9 Å². The van der Waals surface area contributed by atoms with E-state index in [2.05, 4.69) is 9.88 Å². The molecule has 0 spiro atoms. The Balaban J connectivity index is 1.52. The minimum absolute atomic E-state index is 0.0695. The zero-order valence-corrected chi connectivity index (χ0v) is 15.4. The molecule has 1 unspecified atom stereocenters. The van der Waals surface area contributed by atoms with Gasteiger partial charge in [-0.05, 0) is 43.9 Å². The molecule has 5 nitrogen and oxygen atoms in total. The van der Waals surface area contributed by atoms with Crippen molar-refractivity contribution in [2.75, 3.05) is 27.2 Å². The third kappa shape index (κ3) is 3.01. The first kappa shape index (κ1) is 17.5. The molecular weight excluding hydrogens is 333 g/mol. The number of hydrogen-bond acceptors (Lipinski definition) is 3. The van der Waals surface area contributed by atoms with E-state index < -0.39 is 0 Å².